The minimum absolute atomic E-state index is 0.0639. The van der Waals surface area contributed by atoms with Gasteiger partial charge in [-0.25, -0.2) is 4.79 Å². The Kier molecular flexibility index (Phi) is 10.6. The average molecular weight is 399 g/mol. The highest BCUT2D eigenvalue weighted by Crippen LogP contribution is 2.18. The van der Waals surface area contributed by atoms with Crippen molar-refractivity contribution in [1.82, 2.24) is 15.1 Å². The molecule has 1 atom stereocenters. The molecule has 164 valence electrons. The van der Waals surface area contributed by atoms with E-state index in [9.17, 15) is 4.79 Å². The lowest BCUT2D eigenvalue weighted by molar-refractivity contribution is 0.0231. The van der Waals surface area contributed by atoms with Gasteiger partial charge in [-0.3, -0.25) is 4.99 Å². The van der Waals surface area contributed by atoms with Crippen LogP contribution in [0.25, 0.3) is 0 Å². The fourth-order valence-electron chi connectivity index (χ4n) is 3.05. The number of carbonyl (C=O) groups excluding carboxylic acids is 1. The van der Waals surface area contributed by atoms with E-state index in [-0.39, 0.29) is 12.1 Å². The second-order valence-electron chi connectivity index (χ2n) is 8.73. The number of rotatable bonds is 8. The first kappa shape index (κ1) is 24.5. The predicted octanol–water partition coefficient (Wildman–Crippen LogP) is 3.35. The highest BCUT2D eigenvalue weighted by Gasteiger charge is 2.22. The summed E-state index contributed by atoms with van der Waals surface area (Å²) >= 11 is 0. The highest BCUT2D eigenvalue weighted by atomic mass is 16.6. The fourth-order valence-corrected chi connectivity index (χ4v) is 3.05. The molecular formula is C21H42N4O3. The molecule has 0 spiro atoms. The Hall–Kier alpha value is -1.50. The Morgan fingerprint density at radius 1 is 1.29 bits per heavy atom. The summed E-state index contributed by atoms with van der Waals surface area (Å²) in [6, 6.07) is 0.0639. The number of aliphatic imine (C=N–C) groups is 1. The first-order valence-electron chi connectivity index (χ1n) is 10.7. The molecule has 28 heavy (non-hydrogen) atoms. The van der Waals surface area contributed by atoms with E-state index in [0.717, 1.165) is 57.4 Å². The van der Waals surface area contributed by atoms with Crippen LogP contribution in [-0.4, -0.2) is 80.4 Å². The molecule has 1 N–H and O–H groups in total. The number of amides is 1. The topological polar surface area (TPSA) is 66.4 Å². The number of ether oxygens (including phenoxy) is 2. The van der Waals surface area contributed by atoms with Crippen LogP contribution in [0.4, 0.5) is 4.79 Å². The molecule has 0 bridgehead atoms. The monoisotopic (exact) mass is 398 g/mol. The molecule has 0 aliphatic carbocycles. The van der Waals surface area contributed by atoms with Crippen LogP contribution < -0.4 is 5.32 Å². The Balaban J connectivity index is 2.47. The summed E-state index contributed by atoms with van der Waals surface area (Å²) in [5.41, 5.74) is -0.478. The van der Waals surface area contributed by atoms with Crippen LogP contribution in [0.15, 0.2) is 4.99 Å². The van der Waals surface area contributed by atoms with Crippen molar-refractivity contribution in [2.45, 2.75) is 71.9 Å². The van der Waals surface area contributed by atoms with Crippen LogP contribution >= 0.6 is 0 Å². The molecule has 1 amide bonds. The zero-order valence-electron chi connectivity index (χ0n) is 19.1. The van der Waals surface area contributed by atoms with Crippen molar-refractivity contribution in [3.63, 3.8) is 0 Å². The molecule has 1 fully saturated rings. The van der Waals surface area contributed by atoms with Gasteiger partial charge in [0, 0.05) is 53.0 Å². The molecule has 1 saturated heterocycles. The van der Waals surface area contributed by atoms with Crippen molar-refractivity contribution in [2.24, 2.45) is 10.9 Å². The largest absolute Gasteiger partial charge is 0.444 e. The van der Waals surface area contributed by atoms with Crippen LogP contribution in [0.5, 0.6) is 0 Å². The van der Waals surface area contributed by atoms with Crippen LogP contribution in [0.1, 0.15) is 60.3 Å². The van der Waals surface area contributed by atoms with Crippen molar-refractivity contribution >= 4 is 12.1 Å². The summed E-state index contributed by atoms with van der Waals surface area (Å²) in [7, 11) is 3.88. The molecule has 1 aliphatic heterocycles. The molecule has 0 aromatic rings. The molecule has 7 nitrogen and oxygen atoms in total. The Morgan fingerprint density at radius 2 is 1.93 bits per heavy atom. The standard InChI is InChI=1S/C21H42N4O3/c1-8-22-19(24(6)14-10-18-11-15-27-16-12-18)23-13-9-17(2)25(7)20(26)28-21(3,4)5/h17-18H,8-16H2,1-7H3,(H,22,23). The van der Waals surface area contributed by atoms with Crippen molar-refractivity contribution in [1.29, 1.82) is 0 Å². The molecule has 0 aromatic carbocycles. The van der Waals surface area contributed by atoms with Gasteiger partial charge >= 0.3 is 6.09 Å². The Bertz CT molecular complexity index is 485. The average Bonchev–Trinajstić information content (AvgIpc) is 2.64. The van der Waals surface area contributed by atoms with Gasteiger partial charge in [0.15, 0.2) is 5.96 Å². The van der Waals surface area contributed by atoms with E-state index in [1.165, 1.54) is 6.42 Å². The molecule has 1 aliphatic rings. The van der Waals surface area contributed by atoms with E-state index in [2.05, 4.69) is 24.2 Å². The molecule has 0 aromatic heterocycles. The first-order valence-corrected chi connectivity index (χ1v) is 10.7. The lowest BCUT2D eigenvalue weighted by atomic mass is 9.96. The van der Waals surface area contributed by atoms with E-state index in [1.807, 2.05) is 27.7 Å². The van der Waals surface area contributed by atoms with E-state index in [1.54, 1.807) is 11.9 Å². The Labute approximate surface area is 171 Å². The second-order valence-corrected chi connectivity index (χ2v) is 8.73. The molecular weight excluding hydrogens is 356 g/mol. The fraction of sp³-hybridized carbons (Fsp3) is 0.905. The number of hydrogen-bond acceptors (Lipinski definition) is 4. The molecule has 0 radical (unpaired) electrons. The quantitative estimate of drug-likeness (QED) is 0.502. The summed E-state index contributed by atoms with van der Waals surface area (Å²) < 4.78 is 10.9. The first-order chi connectivity index (χ1) is 13.1. The molecule has 1 rings (SSSR count). The van der Waals surface area contributed by atoms with E-state index >= 15 is 0 Å². The molecule has 0 saturated carbocycles. The Morgan fingerprint density at radius 3 is 2.50 bits per heavy atom. The van der Waals surface area contributed by atoms with Gasteiger partial charge in [-0.15, -0.1) is 0 Å². The van der Waals surface area contributed by atoms with Crippen molar-refractivity contribution < 1.29 is 14.3 Å². The third-order valence-corrected chi connectivity index (χ3v) is 5.06. The summed E-state index contributed by atoms with van der Waals surface area (Å²) in [6.07, 6.45) is 4.00. The van der Waals surface area contributed by atoms with Crippen molar-refractivity contribution in [3.05, 3.63) is 0 Å². The second kappa shape index (κ2) is 12.1. The van der Waals surface area contributed by atoms with Gasteiger partial charge in [0.25, 0.3) is 0 Å². The zero-order valence-corrected chi connectivity index (χ0v) is 19.1. The predicted molar refractivity (Wildman–Crippen MR) is 115 cm³/mol. The van der Waals surface area contributed by atoms with Crippen molar-refractivity contribution in [2.75, 3.05) is 46.9 Å². The molecule has 7 heteroatoms. The van der Waals surface area contributed by atoms with Gasteiger partial charge < -0.3 is 24.6 Å². The number of hydrogen-bond donors (Lipinski definition) is 1. The number of nitrogens with zero attached hydrogens (tertiary/aromatic N) is 3. The maximum absolute atomic E-state index is 12.2. The number of nitrogens with one attached hydrogen (secondary N) is 1. The SMILES string of the molecule is CCNC(=NCCC(C)N(C)C(=O)OC(C)(C)C)N(C)CCC1CCOCC1. The third-order valence-electron chi connectivity index (χ3n) is 5.06. The lowest BCUT2D eigenvalue weighted by Crippen LogP contribution is -2.41. The minimum atomic E-state index is -0.478. The number of guanidine groups is 1. The van der Waals surface area contributed by atoms with E-state index in [0.29, 0.717) is 6.54 Å². The zero-order chi connectivity index (χ0) is 21.2. The van der Waals surface area contributed by atoms with Crippen molar-refractivity contribution in [3.8, 4) is 0 Å². The van der Waals surface area contributed by atoms with Crippen LogP contribution in [0, 0.1) is 5.92 Å². The normalized spacial score (nSPS) is 17.2. The van der Waals surface area contributed by atoms with E-state index < -0.39 is 5.60 Å². The van der Waals surface area contributed by atoms with Gasteiger partial charge in [0.05, 0.1) is 0 Å². The number of carbonyl (C=O) groups is 1. The summed E-state index contributed by atoms with van der Waals surface area (Å²) in [5.74, 6) is 1.68. The van der Waals surface area contributed by atoms with Crippen LogP contribution in [0.3, 0.4) is 0 Å². The lowest BCUT2D eigenvalue weighted by Gasteiger charge is -2.29. The third kappa shape index (κ3) is 9.62. The summed E-state index contributed by atoms with van der Waals surface area (Å²) in [4.78, 5) is 20.8. The van der Waals surface area contributed by atoms with Crippen LogP contribution in [-0.2, 0) is 9.47 Å². The van der Waals surface area contributed by atoms with Gasteiger partial charge in [0.2, 0.25) is 0 Å². The maximum atomic E-state index is 12.2. The maximum Gasteiger partial charge on any atom is 0.410 e. The van der Waals surface area contributed by atoms with Crippen LogP contribution in [0.2, 0.25) is 0 Å². The highest BCUT2D eigenvalue weighted by molar-refractivity contribution is 5.79. The smallest absolute Gasteiger partial charge is 0.410 e. The van der Waals surface area contributed by atoms with Gasteiger partial charge in [-0.2, -0.15) is 0 Å². The molecule has 1 unspecified atom stereocenters. The van der Waals surface area contributed by atoms with Gasteiger partial charge in [-0.05, 0) is 66.2 Å². The molecule has 1 heterocycles. The van der Waals surface area contributed by atoms with Gasteiger partial charge in [-0.1, -0.05) is 0 Å². The van der Waals surface area contributed by atoms with Gasteiger partial charge in [0.1, 0.15) is 5.60 Å². The minimum Gasteiger partial charge on any atom is -0.444 e. The van der Waals surface area contributed by atoms with E-state index in [4.69, 9.17) is 14.5 Å². The summed E-state index contributed by atoms with van der Waals surface area (Å²) in [6.45, 7) is 14.0. The summed E-state index contributed by atoms with van der Waals surface area (Å²) in [5, 5.41) is 3.37.